The topological polar surface area (TPSA) is 87.7 Å². The third kappa shape index (κ3) is 4.88. The Balaban J connectivity index is 1.34. The van der Waals surface area contributed by atoms with Crippen molar-refractivity contribution in [2.75, 3.05) is 7.11 Å². The Kier molecular flexibility index (Phi) is 6.65. The van der Waals surface area contributed by atoms with Gasteiger partial charge in [0.1, 0.15) is 5.75 Å². The average Bonchev–Trinajstić information content (AvgIpc) is 2.81. The van der Waals surface area contributed by atoms with Crippen LogP contribution in [0.2, 0.25) is 5.02 Å². The molecule has 3 atom stereocenters. The lowest BCUT2D eigenvalue weighted by atomic mass is 9.76. The van der Waals surface area contributed by atoms with Crippen LogP contribution in [-0.2, 0) is 22.7 Å². The average molecular weight is 456 g/mol. The van der Waals surface area contributed by atoms with Gasteiger partial charge in [0.05, 0.1) is 19.6 Å². The minimum absolute atomic E-state index is 0.0549. The maximum Gasteiger partial charge on any atom is 0.324 e. The lowest BCUT2D eigenvalue weighted by Gasteiger charge is -2.42. The van der Waals surface area contributed by atoms with E-state index in [1.54, 1.807) is 31.4 Å². The van der Waals surface area contributed by atoms with E-state index in [1.165, 1.54) is 4.90 Å². The highest BCUT2D eigenvalue weighted by Crippen LogP contribution is 2.33. The Morgan fingerprint density at radius 3 is 2.47 bits per heavy atom. The summed E-state index contributed by atoms with van der Waals surface area (Å²) in [6, 6.07) is 13.9. The molecule has 168 valence electrons. The molecular formula is C24H26ClN3O4. The lowest BCUT2D eigenvalue weighted by Crippen LogP contribution is -2.61. The van der Waals surface area contributed by atoms with E-state index in [0.29, 0.717) is 30.8 Å². The molecule has 1 heterocycles. The number of carbonyl (C=O) groups is 3. The van der Waals surface area contributed by atoms with Crippen molar-refractivity contribution >= 4 is 29.4 Å². The summed E-state index contributed by atoms with van der Waals surface area (Å²) in [6.45, 7) is 0.629. The number of hydrogen-bond acceptors (Lipinski definition) is 4. The van der Waals surface area contributed by atoms with Gasteiger partial charge in [0.15, 0.2) is 0 Å². The van der Waals surface area contributed by atoms with Crippen molar-refractivity contribution in [3.63, 3.8) is 0 Å². The fraction of sp³-hybridized carbons (Fsp3) is 0.375. The van der Waals surface area contributed by atoms with Gasteiger partial charge >= 0.3 is 6.03 Å². The van der Waals surface area contributed by atoms with E-state index in [-0.39, 0.29) is 36.2 Å². The normalized spacial score (nSPS) is 22.7. The largest absolute Gasteiger partial charge is 0.497 e. The maximum absolute atomic E-state index is 13.0. The summed E-state index contributed by atoms with van der Waals surface area (Å²) in [5, 5.41) is 6.56. The highest BCUT2D eigenvalue weighted by molar-refractivity contribution is 6.30. The van der Waals surface area contributed by atoms with Crippen LogP contribution < -0.4 is 15.4 Å². The number of benzene rings is 2. The summed E-state index contributed by atoms with van der Waals surface area (Å²) in [7, 11) is 1.59. The molecule has 2 aromatic rings. The van der Waals surface area contributed by atoms with E-state index >= 15 is 0 Å². The number of rotatable bonds is 6. The van der Waals surface area contributed by atoms with Gasteiger partial charge in [0.2, 0.25) is 11.8 Å². The molecule has 7 nitrogen and oxygen atoms in total. The lowest BCUT2D eigenvalue weighted by molar-refractivity contribution is -0.139. The molecule has 3 unspecified atom stereocenters. The summed E-state index contributed by atoms with van der Waals surface area (Å²) >= 11 is 5.89. The number of hydrogen-bond donors (Lipinski definition) is 2. The van der Waals surface area contributed by atoms with Gasteiger partial charge in [-0.05, 0) is 54.7 Å². The van der Waals surface area contributed by atoms with E-state index in [2.05, 4.69) is 10.6 Å². The second-order valence-corrected chi connectivity index (χ2v) is 8.73. The Labute approximate surface area is 192 Å². The first kappa shape index (κ1) is 22.1. The van der Waals surface area contributed by atoms with Crippen molar-refractivity contribution in [3.8, 4) is 5.75 Å². The highest BCUT2D eigenvalue weighted by atomic mass is 35.5. The van der Waals surface area contributed by atoms with Gasteiger partial charge in [0, 0.05) is 23.5 Å². The van der Waals surface area contributed by atoms with E-state index in [1.807, 2.05) is 24.3 Å². The van der Waals surface area contributed by atoms with Crippen LogP contribution in [-0.4, -0.2) is 35.9 Å². The minimum atomic E-state index is -0.408. The molecule has 4 rings (SSSR count). The quantitative estimate of drug-likeness (QED) is 0.697. The fourth-order valence-corrected chi connectivity index (χ4v) is 4.53. The van der Waals surface area contributed by atoms with E-state index in [9.17, 15) is 14.4 Å². The Morgan fingerprint density at radius 1 is 1.09 bits per heavy atom. The SMILES string of the molecule is COc1ccc(CN2C(=O)NC3CC(C(=O)NCc4ccc(Cl)cc4)CCC3C2=O)cc1. The number of fused-ring (bicyclic) bond motifs is 1. The number of carbonyl (C=O) groups excluding carboxylic acids is 3. The van der Waals surface area contributed by atoms with Gasteiger partial charge in [-0.15, -0.1) is 0 Å². The molecule has 0 bridgehead atoms. The fourth-order valence-electron chi connectivity index (χ4n) is 4.40. The standard InChI is InChI=1S/C24H26ClN3O4/c1-32-19-9-4-16(5-10-19)14-28-23(30)20-11-6-17(12-21(20)27-24(28)31)22(29)26-13-15-2-7-18(25)8-3-15/h2-5,7-10,17,20-21H,6,11-14H2,1H3,(H,26,29)(H,27,31). The molecule has 8 heteroatoms. The number of imide groups is 1. The number of nitrogens with zero attached hydrogens (tertiary/aromatic N) is 1. The van der Waals surface area contributed by atoms with Gasteiger partial charge in [-0.3, -0.25) is 14.5 Å². The predicted octanol–water partition coefficient (Wildman–Crippen LogP) is 3.50. The zero-order chi connectivity index (χ0) is 22.7. The summed E-state index contributed by atoms with van der Waals surface area (Å²) in [5.41, 5.74) is 1.81. The van der Waals surface area contributed by atoms with E-state index < -0.39 is 6.03 Å². The van der Waals surface area contributed by atoms with Crippen molar-refractivity contribution < 1.29 is 19.1 Å². The molecule has 0 spiro atoms. The molecule has 0 radical (unpaired) electrons. The van der Waals surface area contributed by atoms with Crippen LogP contribution >= 0.6 is 11.6 Å². The zero-order valence-electron chi connectivity index (χ0n) is 17.8. The summed E-state index contributed by atoms with van der Waals surface area (Å²) in [6.07, 6.45) is 1.65. The van der Waals surface area contributed by atoms with Gasteiger partial charge in [-0.2, -0.15) is 0 Å². The van der Waals surface area contributed by atoms with Crippen molar-refractivity contribution in [2.24, 2.45) is 11.8 Å². The van der Waals surface area contributed by atoms with Crippen molar-refractivity contribution in [1.82, 2.24) is 15.5 Å². The van der Waals surface area contributed by atoms with Crippen molar-refractivity contribution in [3.05, 3.63) is 64.7 Å². The molecule has 2 fully saturated rings. The number of nitrogens with one attached hydrogen (secondary N) is 2. The minimum Gasteiger partial charge on any atom is -0.497 e. The third-order valence-corrected chi connectivity index (χ3v) is 6.49. The molecule has 1 aliphatic heterocycles. The van der Waals surface area contributed by atoms with Crippen LogP contribution in [0.4, 0.5) is 4.79 Å². The Hall–Kier alpha value is -3.06. The first-order valence-corrected chi connectivity index (χ1v) is 11.1. The van der Waals surface area contributed by atoms with Crippen LogP contribution in [0, 0.1) is 11.8 Å². The molecule has 32 heavy (non-hydrogen) atoms. The molecular weight excluding hydrogens is 430 g/mol. The van der Waals surface area contributed by atoms with Crippen LogP contribution in [0.5, 0.6) is 5.75 Å². The molecule has 2 aromatic carbocycles. The number of urea groups is 1. The summed E-state index contributed by atoms with van der Waals surface area (Å²) < 4.78 is 5.15. The van der Waals surface area contributed by atoms with Crippen LogP contribution in [0.25, 0.3) is 0 Å². The van der Waals surface area contributed by atoms with Crippen LogP contribution in [0.15, 0.2) is 48.5 Å². The second-order valence-electron chi connectivity index (χ2n) is 8.29. The first-order valence-electron chi connectivity index (χ1n) is 10.7. The number of methoxy groups -OCH3 is 1. The highest BCUT2D eigenvalue weighted by Gasteiger charge is 2.45. The summed E-state index contributed by atoms with van der Waals surface area (Å²) in [4.78, 5) is 39.6. The summed E-state index contributed by atoms with van der Waals surface area (Å²) in [5.74, 6) is -0.0395. The second kappa shape index (κ2) is 9.61. The Bertz CT molecular complexity index is 993. The zero-order valence-corrected chi connectivity index (χ0v) is 18.6. The van der Waals surface area contributed by atoms with E-state index in [0.717, 1.165) is 16.9 Å². The monoisotopic (exact) mass is 455 g/mol. The molecule has 4 amide bonds. The molecule has 1 saturated heterocycles. The predicted molar refractivity (Wildman–Crippen MR) is 120 cm³/mol. The smallest absolute Gasteiger partial charge is 0.324 e. The van der Waals surface area contributed by atoms with Gasteiger partial charge < -0.3 is 15.4 Å². The van der Waals surface area contributed by atoms with E-state index in [4.69, 9.17) is 16.3 Å². The number of ether oxygens (including phenoxy) is 1. The Morgan fingerprint density at radius 2 is 1.78 bits per heavy atom. The third-order valence-electron chi connectivity index (χ3n) is 6.24. The van der Waals surface area contributed by atoms with Gasteiger partial charge in [-0.1, -0.05) is 35.9 Å². The molecule has 2 N–H and O–H groups in total. The van der Waals surface area contributed by atoms with Crippen LogP contribution in [0.3, 0.4) is 0 Å². The van der Waals surface area contributed by atoms with Gasteiger partial charge in [0.25, 0.3) is 0 Å². The molecule has 0 aromatic heterocycles. The van der Waals surface area contributed by atoms with Crippen LogP contribution in [0.1, 0.15) is 30.4 Å². The molecule has 1 aliphatic carbocycles. The number of halogens is 1. The molecule has 2 aliphatic rings. The first-order chi connectivity index (χ1) is 15.4. The van der Waals surface area contributed by atoms with Gasteiger partial charge in [-0.25, -0.2) is 4.79 Å². The molecule has 1 saturated carbocycles. The maximum atomic E-state index is 13.0. The van der Waals surface area contributed by atoms with Crippen molar-refractivity contribution in [2.45, 2.75) is 38.4 Å². The number of amides is 4. The van der Waals surface area contributed by atoms with Crippen molar-refractivity contribution in [1.29, 1.82) is 0 Å².